The van der Waals surface area contributed by atoms with Gasteiger partial charge in [0.25, 0.3) is 5.91 Å². The number of carbonyl (C=O) groups excluding carboxylic acids is 2. The number of piperidine rings is 1. The van der Waals surface area contributed by atoms with Crippen molar-refractivity contribution < 1.29 is 14.3 Å². The summed E-state index contributed by atoms with van der Waals surface area (Å²) in [7, 11) is 1.73. The molecule has 0 radical (unpaired) electrons. The van der Waals surface area contributed by atoms with E-state index in [0.717, 1.165) is 37.9 Å². The molecule has 1 aliphatic carbocycles. The van der Waals surface area contributed by atoms with Crippen molar-refractivity contribution >= 4 is 11.8 Å². The van der Waals surface area contributed by atoms with E-state index in [4.69, 9.17) is 4.74 Å². The molecule has 1 aromatic carbocycles. The summed E-state index contributed by atoms with van der Waals surface area (Å²) in [4.78, 5) is 39.0. The molecule has 2 amide bonds. The molecular formula is C23H27N3O4. The first-order valence-corrected chi connectivity index (χ1v) is 10.3. The lowest BCUT2D eigenvalue weighted by Gasteiger charge is -2.32. The van der Waals surface area contributed by atoms with Crippen molar-refractivity contribution in [3.05, 3.63) is 64.1 Å². The van der Waals surface area contributed by atoms with Crippen molar-refractivity contribution in [3.8, 4) is 5.75 Å². The Morgan fingerprint density at radius 2 is 1.87 bits per heavy atom. The number of amides is 2. The third-order valence-electron chi connectivity index (χ3n) is 6.38. The first kappa shape index (κ1) is 20.2. The molecule has 158 valence electrons. The molecule has 7 nitrogen and oxygen atoms in total. The van der Waals surface area contributed by atoms with Crippen LogP contribution in [0.1, 0.15) is 42.2 Å². The molecule has 2 fully saturated rings. The minimum absolute atomic E-state index is 0.0661. The molecule has 2 aromatic rings. The van der Waals surface area contributed by atoms with Gasteiger partial charge in [-0.2, -0.15) is 0 Å². The molecule has 4 rings (SSSR count). The Hall–Kier alpha value is -3.09. The highest BCUT2D eigenvalue weighted by molar-refractivity contribution is 5.95. The summed E-state index contributed by atoms with van der Waals surface area (Å²) in [5, 5.41) is 3.10. The highest BCUT2D eigenvalue weighted by Gasteiger charge is 2.56. The van der Waals surface area contributed by atoms with E-state index in [1.807, 2.05) is 35.2 Å². The summed E-state index contributed by atoms with van der Waals surface area (Å²) in [5.41, 5.74) is 0.921. The number of carbonyl (C=O) groups is 2. The summed E-state index contributed by atoms with van der Waals surface area (Å²) in [6.07, 6.45) is 4.28. The van der Waals surface area contributed by atoms with Gasteiger partial charge in [-0.25, -0.2) is 0 Å². The average Bonchev–Trinajstić information content (AvgIpc) is 3.39. The number of rotatable bonds is 5. The SMILES string of the molecule is CC(=O)N1CCC2(CC1)CC2NC(=O)c1c(OCc2ccccc2)c(=O)ccn1C. The van der Waals surface area contributed by atoms with Gasteiger partial charge < -0.3 is 19.5 Å². The Morgan fingerprint density at radius 3 is 2.53 bits per heavy atom. The van der Waals surface area contributed by atoms with E-state index < -0.39 is 0 Å². The molecule has 1 saturated carbocycles. The maximum Gasteiger partial charge on any atom is 0.272 e. The van der Waals surface area contributed by atoms with Crippen LogP contribution in [0.3, 0.4) is 0 Å². The van der Waals surface area contributed by atoms with E-state index in [1.54, 1.807) is 24.7 Å². The third kappa shape index (κ3) is 3.97. The van der Waals surface area contributed by atoms with Crippen LogP contribution in [0.4, 0.5) is 0 Å². The van der Waals surface area contributed by atoms with Crippen molar-refractivity contribution in [1.82, 2.24) is 14.8 Å². The summed E-state index contributed by atoms with van der Waals surface area (Å²) >= 11 is 0. The van der Waals surface area contributed by atoms with Crippen molar-refractivity contribution in [1.29, 1.82) is 0 Å². The highest BCUT2D eigenvalue weighted by Crippen LogP contribution is 2.54. The number of hydrogen-bond acceptors (Lipinski definition) is 4. The Bertz CT molecular complexity index is 1010. The molecule has 1 unspecified atom stereocenters. The van der Waals surface area contributed by atoms with Gasteiger partial charge in [0.1, 0.15) is 6.61 Å². The van der Waals surface area contributed by atoms with E-state index in [-0.39, 0.29) is 46.8 Å². The van der Waals surface area contributed by atoms with Crippen LogP contribution in [-0.2, 0) is 18.4 Å². The first-order chi connectivity index (χ1) is 14.4. The molecule has 1 atom stereocenters. The fourth-order valence-corrected chi connectivity index (χ4v) is 4.34. The molecule has 1 N–H and O–H groups in total. The van der Waals surface area contributed by atoms with Crippen molar-refractivity contribution in [3.63, 3.8) is 0 Å². The van der Waals surface area contributed by atoms with E-state index in [9.17, 15) is 14.4 Å². The fourth-order valence-electron chi connectivity index (χ4n) is 4.34. The number of nitrogens with zero attached hydrogens (tertiary/aromatic N) is 2. The molecule has 7 heteroatoms. The summed E-state index contributed by atoms with van der Waals surface area (Å²) in [5.74, 6) is -0.123. The van der Waals surface area contributed by atoms with Gasteiger partial charge in [0.2, 0.25) is 11.3 Å². The number of pyridine rings is 1. The standard InChI is InChI=1S/C23H27N3O4/c1-16(27)26-12-9-23(10-13-26)14-19(23)24-22(29)20-21(18(28)8-11-25(20)2)30-15-17-6-4-3-5-7-17/h3-8,11,19H,9-10,12-15H2,1-2H3,(H,24,29). The number of aromatic nitrogens is 1. The molecule has 30 heavy (non-hydrogen) atoms. The van der Waals surface area contributed by atoms with E-state index >= 15 is 0 Å². The van der Waals surface area contributed by atoms with Crippen molar-refractivity contribution in [2.24, 2.45) is 12.5 Å². The van der Waals surface area contributed by atoms with Crippen LogP contribution in [0.25, 0.3) is 0 Å². The molecule has 1 spiro atoms. The zero-order valence-electron chi connectivity index (χ0n) is 17.4. The van der Waals surface area contributed by atoms with Crippen LogP contribution >= 0.6 is 0 Å². The Kier molecular flexibility index (Phi) is 5.37. The zero-order valence-corrected chi connectivity index (χ0v) is 17.4. The monoisotopic (exact) mass is 409 g/mol. The van der Waals surface area contributed by atoms with Crippen LogP contribution in [0.15, 0.2) is 47.4 Å². The Labute approximate surface area is 175 Å². The van der Waals surface area contributed by atoms with Crippen LogP contribution in [0.2, 0.25) is 0 Å². The lowest BCUT2D eigenvalue weighted by molar-refractivity contribution is -0.130. The van der Waals surface area contributed by atoms with Gasteiger partial charge in [-0.05, 0) is 30.2 Å². The maximum atomic E-state index is 13.1. The molecule has 1 saturated heterocycles. The van der Waals surface area contributed by atoms with Gasteiger partial charge in [0.15, 0.2) is 11.4 Å². The largest absolute Gasteiger partial charge is 0.483 e. The normalized spacial score (nSPS) is 19.4. The van der Waals surface area contributed by atoms with Crippen molar-refractivity contribution in [2.45, 2.75) is 38.8 Å². The topological polar surface area (TPSA) is 80.6 Å². The summed E-state index contributed by atoms with van der Waals surface area (Å²) in [6, 6.07) is 11.0. The van der Waals surface area contributed by atoms with Gasteiger partial charge in [0.05, 0.1) is 0 Å². The van der Waals surface area contributed by atoms with Crippen LogP contribution in [0, 0.1) is 5.41 Å². The number of benzene rings is 1. The summed E-state index contributed by atoms with van der Waals surface area (Å²) < 4.78 is 7.43. The smallest absolute Gasteiger partial charge is 0.272 e. The highest BCUT2D eigenvalue weighted by atomic mass is 16.5. The Balaban J connectivity index is 1.46. The van der Waals surface area contributed by atoms with E-state index in [0.29, 0.717) is 0 Å². The molecule has 1 aromatic heterocycles. The predicted molar refractivity (Wildman–Crippen MR) is 112 cm³/mol. The number of nitrogens with one attached hydrogen (secondary N) is 1. The third-order valence-corrected chi connectivity index (χ3v) is 6.38. The van der Waals surface area contributed by atoms with Gasteiger partial charge in [-0.1, -0.05) is 30.3 Å². The second-order valence-corrected chi connectivity index (χ2v) is 8.34. The summed E-state index contributed by atoms with van der Waals surface area (Å²) in [6.45, 7) is 3.28. The molecule has 1 aliphatic heterocycles. The number of aryl methyl sites for hydroxylation is 1. The number of ether oxygens (including phenoxy) is 1. The minimum atomic E-state index is -0.311. The second-order valence-electron chi connectivity index (χ2n) is 8.34. The molecular weight excluding hydrogens is 382 g/mol. The molecule has 2 aliphatic rings. The van der Waals surface area contributed by atoms with Crippen LogP contribution < -0.4 is 15.5 Å². The average molecular weight is 409 g/mol. The number of hydrogen-bond donors (Lipinski definition) is 1. The molecule has 0 bridgehead atoms. The first-order valence-electron chi connectivity index (χ1n) is 10.3. The van der Waals surface area contributed by atoms with E-state index in [1.165, 1.54) is 6.07 Å². The van der Waals surface area contributed by atoms with Gasteiger partial charge in [0, 0.05) is 45.4 Å². The lowest BCUT2D eigenvalue weighted by Crippen LogP contribution is -2.41. The zero-order chi connectivity index (χ0) is 21.3. The fraction of sp³-hybridized carbons (Fsp3) is 0.435. The Morgan fingerprint density at radius 1 is 1.17 bits per heavy atom. The maximum absolute atomic E-state index is 13.1. The van der Waals surface area contributed by atoms with Crippen molar-refractivity contribution in [2.75, 3.05) is 13.1 Å². The lowest BCUT2D eigenvalue weighted by atomic mass is 9.92. The quantitative estimate of drug-likeness (QED) is 0.820. The predicted octanol–water partition coefficient (Wildman–Crippen LogP) is 2.10. The van der Waals surface area contributed by atoms with Crippen LogP contribution in [0.5, 0.6) is 5.75 Å². The minimum Gasteiger partial charge on any atom is -0.483 e. The van der Waals surface area contributed by atoms with Gasteiger partial charge in [-0.3, -0.25) is 14.4 Å². The molecule has 2 heterocycles. The van der Waals surface area contributed by atoms with E-state index in [2.05, 4.69) is 5.32 Å². The number of likely N-dealkylation sites (tertiary alicyclic amines) is 1. The van der Waals surface area contributed by atoms with Gasteiger partial charge >= 0.3 is 0 Å². The van der Waals surface area contributed by atoms with Gasteiger partial charge in [-0.15, -0.1) is 0 Å². The second kappa shape index (κ2) is 7.97. The van der Waals surface area contributed by atoms with Crippen LogP contribution in [-0.4, -0.2) is 40.4 Å².